The van der Waals surface area contributed by atoms with Crippen molar-refractivity contribution in [1.82, 2.24) is 0 Å². The van der Waals surface area contributed by atoms with Crippen LogP contribution in [0.1, 0.15) is 16.7 Å². The highest BCUT2D eigenvalue weighted by Crippen LogP contribution is 2.32. The molecule has 0 aliphatic heterocycles. The smallest absolute Gasteiger partial charge is 0.416 e. The first-order chi connectivity index (χ1) is 12.6. The maximum atomic E-state index is 13.7. The third-order valence-electron chi connectivity index (χ3n) is 3.51. The van der Waals surface area contributed by atoms with Gasteiger partial charge in [-0.05, 0) is 30.3 Å². The van der Waals surface area contributed by atoms with Crippen LogP contribution < -0.4 is 5.32 Å². The van der Waals surface area contributed by atoms with Crippen LogP contribution in [-0.2, 0) is 17.5 Å². The van der Waals surface area contributed by atoms with E-state index in [9.17, 15) is 26.7 Å². The van der Waals surface area contributed by atoms with Gasteiger partial charge in [-0.15, -0.1) is 0 Å². The Hall–Kier alpha value is -3.23. The predicted octanol–water partition coefficient (Wildman–Crippen LogP) is 4.60. The fourth-order valence-corrected chi connectivity index (χ4v) is 2.20. The van der Waals surface area contributed by atoms with Crippen molar-refractivity contribution < 1.29 is 31.9 Å². The molecule has 0 atom stereocenters. The molecule has 0 saturated heterocycles. The molecular formula is C18H13F5N2O2. The van der Waals surface area contributed by atoms with Gasteiger partial charge in [0, 0.05) is 35.5 Å². The Bertz CT molecular complexity index is 907. The summed E-state index contributed by atoms with van der Waals surface area (Å²) in [6.07, 6.45) is -3.21. The average molecular weight is 384 g/mol. The lowest BCUT2D eigenvalue weighted by atomic mass is 10.0. The minimum absolute atomic E-state index is 0.0618. The molecule has 0 spiro atoms. The predicted molar refractivity (Wildman–Crippen MR) is 88.7 cm³/mol. The lowest BCUT2D eigenvalue weighted by molar-refractivity contribution is -0.137. The van der Waals surface area contributed by atoms with Gasteiger partial charge in [-0.25, -0.2) is 13.6 Å². The fraction of sp³-hybridized carbons (Fsp3) is 0.111. The molecule has 9 heteroatoms. The molecule has 2 aromatic carbocycles. The summed E-state index contributed by atoms with van der Waals surface area (Å²) in [6, 6.07) is 5.41. The minimum Gasteiger partial charge on any atom is -0.478 e. The van der Waals surface area contributed by atoms with Crippen molar-refractivity contribution in [3.63, 3.8) is 0 Å². The van der Waals surface area contributed by atoms with Gasteiger partial charge in [0.15, 0.2) is 0 Å². The largest absolute Gasteiger partial charge is 0.478 e. The first-order valence-electron chi connectivity index (χ1n) is 7.47. The van der Waals surface area contributed by atoms with Gasteiger partial charge >= 0.3 is 12.1 Å². The van der Waals surface area contributed by atoms with E-state index in [2.05, 4.69) is 5.32 Å². The summed E-state index contributed by atoms with van der Waals surface area (Å²) >= 11 is 0. The number of alkyl halides is 3. The summed E-state index contributed by atoms with van der Waals surface area (Å²) < 4.78 is 65.4. The molecular weight excluding hydrogens is 371 g/mol. The van der Waals surface area contributed by atoms with Crippen LogP contribution in [0.25, 0.3) is 0 Å². The molecule has 3 N–H and O–H groups in total. The number of halogens is 5. The summed E-state index contributed by atoms with van der Waals surface area (Å²) in [5, 5.41) is 19.1. The Balaban J connectivity index is 2.36. The number of anilines is 1. The second kappa shape index (κ2) is 7.98. The van der Waals surface area contributed by atoms with Gasteiger partial charge in [0.25, 0.3) is 0 Å². The quantitative estimate of drug-likeness (QED) is 0.387. The first-order valence-corrected chi connectivity index (χ1v) is 7.47. The number of hydrogen-bond donors (Lipinski definition) is 3. The molecule has 4 nitrogen and oxygen atoms in total. The van der Waals surface area contributed by atoms with E-state index in [4.69, 9.17) is 10.5 Å². The molecule has 0 saturated carbocycles. The second-order valence-electron chi connectivity index (χ2n) is 5.43. The lowest BCUT2D eigenvalue weighted by Gasteiger charge is -2.15. The first kappa shape index (κ1) is 20.1. The van der Waals surface area contributed by atoms with E-state index in [1.165, 1.54) is 6.07 Å². The second-order valence-corrected chi connectivity index (χ2v) is 5.43. The maximum absolute atomic E-state index is 13.7. The van der Waals surface area contributed by atoms with Gasteiger partial charge in [-0.1, -0.05) is 6.07 Å². The van der Waals surface area contributed by atoms with Crippen molar-refractivity contribution in [2.24, 2.45) is 0 Å². The van der Waals surface area contributed by atoms with Crippen LogP contribution in [0.15, 0.2) is 48.6 Å². The highest BCUT2D eigenvalue weighted by molar-refractivity contribution is 6.12. The highest BCUT2D eigenvalue weighted by atomic mass is 19.4. The number of hydrogen-bond acceptors (Lipinski definition) is 3. The van der Waals surface area contributed by atoms with E-state index < -0.39 is 35.1 Å². The van der Waals surface area contributed by atoms with Crippen molar-refractivity contribution in [2.75, 3.05) is 5.32 Å². The SMILES string of the molecule is N=C(/C=C/C(=O)O)c1cc(C(F)(F)F)ccc1NCc1ccc(F)cc1F. The van der Waals surface area contributed by atoms with Crippen molar-refractivity contribution in [2.45, 2.75) is 12.7 Å². The van der Waals surface area contributed by atoms with Gasteiger partial charge < -0.3 is 15.8 Å². The number of nitrogens with one attached hydrogen (secondary N) is 2. The van der Waals surface area contributed by atoms with Crippen molar-refractivity contribution >= 4 is 17.4 Å². The molecule has 0 radical (unpaired) electrons. The van der Waals surface area contributed by atoms with E-state index in [1.807, 2.05) is 0 Å². The third-order valence-corrected chi connectivity index (χ3v) is 3.51. The molecule has 0 aliphatic carbocycles. The van der Waals surface area contributed by atoms with Crippen molar-refractivity contribution in [1.29, 1.82) is 5.41 Å². The Morgan fingerprint density at radius 1 is 1.11 bits per heavy atom. The number of carbonyl (C=O) groups is 1. The molecule has 0 bridgehead atoms. The van der Waals surface area contributed by atoms with Gasteiger partial charge in [0.1, 0.15) is 11.6 Å². The topological polar surface area (TPSA) is 73.2 Å². The van der Waals surface area contributed by atoms with Gasteiger partial charge in [-0.2, -0.15) is 13.2 Å². The monoisotopic (exact) mass is 384 g/mol. The third kappa shape index (κ3) is 5.37. The molecule has 27 heavy (non-hydrogen) atoms. The van der Waals surface area contributed by atoms with Gasteiger partial charge in [0.2, 0.25) is 0 Å². The van der Waals surface area contributed by atoms with E-state index >= 15 is 0 Å². The molecule has 0 fully saturated rings. The van der Waals surface area contributed by atoms with E-state index in [0.29, 0.717) is 18.2 Å². The summed E-state index contributed by atoms with van der Waals surface area (Å²) in [5.41, 5.74) is -1.60. The Labute approximate surface area is 150 Å². The Morgan fingerprint density at radius 3 is 2.41 bits per heavy atom. The normalized spacial score (nSPS) is 11.6. The zero-order chi connectivity index (χ0) is 20.2. The average Bonchev–Trinajstić information content (AvgIpc) is 2.58. The Kier molecular flexibility index (Phi) is 5.94. The standard InChI is InChI=1S/C18H13F5N2O2/c19-12-3-1-10(14(20)8-12)9-25-16-5-2-11(18(21,22)23)7-13(16)15(24)4-6-17(26)27/h1-8,24-25H,9H2,(H,26,27)/b6-4+,24-15?. The number of allylic oxidation sites excluding steroid dienone is 1. The molecule has 0 amide bonds. The van der Waals surface area contributed by atoms with Crippen molar-refractivity contribution in [3.8, 4) is 0 Å². The molecule has 0 heterocycles. The number of aliphatic carboxylic acids is 1. The van der Waals surface area contributed by atoms with Crippen LogP contribution in [0.4, 0.5) is 27.6 Å². The summed E-state index contributed by atoms with van der Waals surface area (Å²) in [6.45, 7) is -0.180. The summed E-state index contributed by atoms with van der Waals surface area (Å²) in [5.74, 6) is -2.97. The maximum Gasteiger partial charge on any atom is 0.416 e. The molecule has 0 aromatic heterocycles. The zero-order valence-corrected chi connectivity index (χ0v) is 13.6. The lowest BCUT2D eigenvalue weighted by Crippen LogP contribution is -2.11. The van der Waals surface area contributed by atoms with Gasteiger partial charge in [-0.3, -0.25) is 0 Å². The van der Waals surface area contributed by atoms with Crippen molar-refractivity contribution in [3.05, 3.63) is 76.9 Å². The number of carboxylic acids is 1. The van der Waals surface area contributed by atoms with E-state index in [1.54, 1.807) is 0 Å². The molecule has 142 valence electrons. The van der Waals surface area contributed by atoms with E-state index in [-0.39, 0.29) is 23.4 Å². The number of carboxylic acid groups (broad SMARTS) is 1. The van der Waals surface area contributed by atoms with Crippen LogP contribution in [0.2, 0.25) is 0 Å². The van der Waals surface area contributed by atoms with Crippen LogP contribution in [-0.4, -0.2) is 16.8 Å². The molecule has 0 unspecified atom stereocenters. The van der Waals surface area contributed by atoms with Crippen LogP contribution in [0.3, 0.4) is 0 Å². The molecule has 2 aromatic rings. The van der Waals surface area contributed by atoms with Crippen LogP contribution in [0, 0.1) is 17.0 Å². The number of rotatable bonds is 6. The molecule has 0 aliphatic rings. The van der Waals surface area contributed by atoms with Crippen LogP contribution >= 0.6 is 0 Å². The van der Waals surface area contributed by atoms with Gasteiger partial charge in [0.05, 0.1) is 11.3 Å². The summed E-state index contributed by atoms with van der Waals surface area (Å²) in [4.78, 5) is 10.6. The highest BCUT2D eigenvalue weighted by Gasteiger charge is 2.31. The molecule has 2 rings (SSSR count). The Morgan fingerprint density at radius 2 is 1.81 bits per heavy atom. The summed E-state index contributed by atoms with van der Waals surface area (Å²) in [7, 11) is 0. The van der Waals surface area contributed by atoms with Crippen LogP contribution in [0.5, 0.6) is 0 Å². The minimum atomic E-state index is -4.66. The fourth-order valence-electron chi connectivity index (χ4n) is 2.20. The number of benzene rings is 2. The van der Waals surface area contributed by atoms with E-state index in [0.717, 1.165) is 24.3 Å². The zero-order valence-electron chi connectivity index (χ0n) is 13.6.